The molecule has 1 unspecified atom stereocenters. The number of hydrogen-bond acceptors (Lipinski definition) is 5. The zero-order valence-electron chi connectivity index (χ0n) is 10.7. The topological polar surface area (TPSA) is 64.9 Å². The fourth-order valence-corrected chi connectivity index (χ4v) is 2.66. The van der Waals surface area contributed by atoms with Crippen molar-refractivity contribution in [1.82, 2.24) is 10.2 Å². The Balaban J connectivity index is 1.97. The van der Waals surface area contributed by atoms with Gasteiger partial charge in [0.2, 0.25) is 11.8 Å². The molecule has 4 nitrogen and oxygen atoms in total. The Morgan fingerprint density at radius 1 is 1.32 bits per heavy atom. The van der Waals surface area contributed by atoms with Gasteiger partial charge in [0.15, 0.2) is 0 Å². The molecule has 2 N–H and O–H groups in total. The van der Waals surface area contributed by atoms with E-state index in [0.29, 0.717) is 23.6 Å². The van der Waals surface area contributed by atoms with E-state index in [1.54, 1.807) is 11.8 Å². The summed E-state index contributed by atoms with van der Waals surface area (Å²) < 4.78 is 6.68. The van der Waals surface area contributed by atoms with Gasteiger partial charge in [-0.1, -0.05) is 22.9 Å². The number of nitrogens with zero attached hydrogens (tertiary/aromatic N) is 2. The molecule has 2 rings (SSSR count). The van der Waals surface area contributed by atoms with Crippen molar-refractivity contribution in [2.45, 2.75) is 24.3 Å². The van der Waals surface area contributed by atoms with E-state index in [4.69, 9.17) is 10.2 Å². The van der Waals surface area contributed by atoms with E-state index in [1.807, 2.05) is 24.3 Å². The first kappa shape index (κ1) is 14.6. The Hall–Kier alpha value is -0.850. The van der Waals surface area contributed by atoms with Crippen molar-refractivity contribution in [3.63, 3.8) is 0 Å². The summed E-state index contributed by atoms with van der Waals surface area (Å²) in [5.74, 6) is 1.95. The Kier molecular flexibility index (Phi) is 5.42. The van der Waals surface area contributed by atoms with Gasteiger partial charge in [-0.3, -0.25) is 0 Å². The lowest BCUT2D eigenvalue weighted by Crippen LogP contribution is -2.07. The first-order valence-corrected chi connectivity index (χ1v) is 7.93. The van der Waals surface area contributed by atoms with Crippen LogP contribution in [0.2, 0.25) is 0 Å². The Labute approximate surface area is 125 Å². The smallest absolute Gasteiger partial charge is 0.247 e. The summed E-state index contributed by atoms with van der Waals surface area (Å²) in [6, 6.07) is 7.81. The lowest BCUT2D eigenvalue weighted by atomic mass is 10.2. The quantitative estimate of drug-likeness (QED) is 0.871. The molecule has 0 aliphatic heterocycles. The molecule has 2 aromatic rings. The third-order valence-corrected chi connectivity index (χ3v) is 4.37. The lowest BCUT2D eigenvalue weighted by molar-refractivity contribution is 0.528. The molecule has 0 fully saturated rings. The molecule has 1 atom stereocenters. The van der Waals surface area contributed by atoms with Crippen LogP contribution in [0.4, 0.5) is 0 Å². The van der Waals surface area contributed by atoms with Crippen molar-refractivity contribution in [3.8, 4) is 11.5 Å². The fourth-order valence-electron chi connectivity index (χ4n) is 1.55. The molecule has 19 heavy (non-hydrogen) atoms. The largest absolute Gasteiger partial charge is 0.420 e. The number of aromatic nitrogens is 2. The standard InChI is InChI=1S/C13H16BrN3OS/c1-9(6-7-15)19-8-12-16-17-13(18-12)10-2-4-11(14)5-3-10/h2-5,9H,6-8,15H2,1H3. The summed E-state index contributed by atoms with van der Waals surface area (Å²) in [6.45, 7) is 2.87. The Morgan fingerprint density at radius 3 is 2.74 bits per heavy atom. The highest BCUT2D eigenvalue weighted by Crippen LogP contribution is 2.23. The minimum Gasteiger partial charge on any atom is -0.420 e. The van der Waals surface area contributed by atoms with Crippen LogP contribution < -0.4 is 5.73 Å². The van der Waals surface area contributed by atoms with Crippen LogP contribution in [0.3, 0.4) is 0 Å². The summed E-state index contributed by atoms with van der Waals surface area (Å²) in [5.41, 5.74) is 6.45. The summed E-state index contributed by atoms with van der Waals surface area (Å²) in [6.07, 6.45) is 0.998. The monoisotopic (exact) mass is 341 g/mol. The van der Waals surface area contributed by atoms with E-state index in [9.17, 15) is 0 Å². The SMILES string of the molecule is CC(CCN)SCc1nnc(-c2ccc(Br)cc2)o1. The minimum absolute atomic E-state index is 0.507. The maximum Gasteiger partial charge on any atom is 0.247 e. The highest BCUT2D eigenvalue weighted by molar-refractivity contribution is 9.10. The summed E-state index contributed by atoms with van der Waals surface area (Å²) in [7, 11) is 0. The van der Waals surface area contributed by atoms with E-state index in [1.165, 1.54) is 0 Å². The van der Waals surface area contributed by atoms with Gasteiger partial charge in [0, 0.05) is 15.3 Å². The van der Waals surface area contributed by atoms with Crippen LogP contribution in [0.5, 0.6) is 0 Å². The predicted molar refractivity (Wildman–Crippen MR) is 81.9 cm³/mol. The fraction of sp³-hybridized carbons (Fsp3) is 0.385. The van der Waals surface area contributed by atoms with Gasteiger partial charge in [-0.05, 0) is 37.2 Å². The van der Waals surface area contributed by atoms with Crippen LogP contribution in [0.1, 0.15) is 19.2 Å². The van der Waals surface area contributed by atoms with Crippen molar-refractivity contribution in [2.24, 2.45) is 5.73 Å². The molecule has 0 amide bonds. The second-order valence-electron chi connectivity index (χ2n) is 4.21. The first-order chi connectivity index (χ1) is 9.19. The van der Waals surface area contributed by atoms with E-state index in [0.717, 1.165) is 22.2 Å². The normalized spacial score (nSPS) is 12.6. The van der Waals surface area contributed by atoms with Gasteiger partial charge in [0.05, 0.1) is 5.75 Å². The molecule has 0 aliphatic carbocycles. The Bertz CT molecular complexity index is 515. The van der Waals surface area contributed by atoms with Gasteiger partial charge >= 0.3 is 0 Å². The number of hydrogen-bond donors (Lipinski definition) is 1. The molecule has 0 radical (unpaired) electrons. The van der Waals surface area contributed by atoms with Crippen molar-refractivity contribution >= 4 is 27.7 Å². The van der Waals surface area contributed by atoms with Crippen LogP contribution in [-0.4, -0.2) is 22.0 Å². The number of rotatable bonds is 6. The number of benzene rings is 1. The molecule has 0 bridgehead atoms. The van der Waals surface area contributed by atoms with Gasteiger partial charge in [0.1, 0.15) is 0 Å². The van der Waals surface area contributed by atoms with Crippen molar-refractivity contribution in [3.05, 3.63) is 34.6 Å². The number of halogens is 1. The second kappa shape index (κ2) is 7.07. The molecule has 1 heterocycles. The maximum absolute atomic E-state index is 5.65. The lowest BCUT2D eigenvalue weighted by Gasteiger charge is -2.06. The predicted octanol–water partition coefficient (Wildman–Crippen LogP) is 3.47. The van der Waals surface area contributed by atoms with E-state index >= 15 is 0 Å². The van der Waals surface area contributed by atoms with Crippen LogP contribution in [0.25, 0.3) is 11.5 Å². The van der Waals surface area contributed by atoms with Crippen LogP contribution in [0, 0.1) is 0 Å². The number of thioether (sulfide) groups is 1. The van der Waals surface area contributed by atoms with Gasteiger partial charge < -0.3 is 10.2 Å². The zero-order valence-corrected chi connectivity index (χ0v) is 13.1. The van der Waals surface area contributed by atoms with Crippen LogP contribution in [0.15, 0.2) is 33.2 Å². The first-order valence-electron chi connectivity index (χ1n) is 6.09. The van der Waals surface area contributed by atoms with E-state index < -0.39 is 0 Å². The molecule has 6 heteroatoms. The zero-order chi connectivity index (χ0) is 13.7. The molecule has 1 aromatic heterocycles. The minimum atomic E-state index is 0.507. The van der Waals surface area contributed by atoms with Gasteiger partial charge in [-0.25, -0.2) is 0 Å². The van der Waals surface area contributed by atoms with E-state index in [-0.39, 0.29) is 0 Å². The van der Waals surface area contributed by atoms with Gasteiger partial charge in [-0.15, -0.1) is 22.0 Å². The van der Waals surface area contributed by atoms with Crippen LogP contribution >= 0.6 is 27.7 Å². The van der Waals surface area contributed by atoms with Gasteiger partial charge in [0.25, 0.3) is 0 Å². The molecular formula is C13H16BrN3OS. The summed E-state index contributed by atoms with van der Waals surface area (Å²) in [5, 5.41) is 8.64. The average molecular weight is 342 g/mol. The number of nitrogens with two attached hydrogens (primary N) is 1. The Morgan fingerprint density at radius 2 is 2.05 bits per heavy atom. The maximum atomic E-state index is 5.65. The van der Waals surface area contributed by atoms with E-state index in [2.05, 4.69) is 33.1 Å². The molecule has 102 valence electrons. The third kappa shape index (κ3) is 4.33. The molecule has 1 aromatic carbocycles. The van der Waals surface area contributed by atoms with Gasteiger partial charge in [-0.2, -0.15) is 0 Å². The summed E-state index contributed by atoms with van der Waals surface area (Å²) >= 11 is 5.18. The highest BCUT2D eigenvalue weighted by atomic mass is 79.9. The third-order valence-electron chi connectivity index (χ3n) is 2.62. The highest BCUT2D eigenvalue weighted by Gasteiger charge is 2.10. The van der Waals surface area contributed by atoms with Crippen molar-refractivity contribution < 1.29 is 4.42 Å². The summed E-state index contributed by atoms with van der Waals surface area (Å²) in [4.78, 5) is 0. The average Bonchev–Trinajstić information content (AvgIpc) is 2.86. The molecule has 0 saturated heterocycles. The van der Waals surface area contributed by atoms with Crippen LogP contribution in [-0.2, 0) is 5.75 Å². The van der Waals surface area contributed by atoms with Crippen molar-refractivity contribution in [2.75, 3.05) is 6.54 Å². The van der Waals surface area contributed by atoms with Crippen molar-refractivity contribution in [1.29, 1.82) is 0 Å². The molecule has 0 saturated carbocycles. The second-order valence-corrected chi connectivity index (χ2v) is 6.55. The molecular weight excluding hydrogens is 326 g/mol. The molecule has 0 spiro atoms. The molecule has 0 aliphatic rings.